The molecule has 2 N–H and O–H groups in total. The fourth-order valence-corrected chi connectivity index (χ4v) is 3.98. The SMILES string of the molecule is Cc1cc(N)cc(S(=O)(=O)N(C)Cc2cccs2)c1F. The molecule has 0 amide bonds. The highest BCUT2D eigenvalue weighted by molar-refractivity contribution is 7.89. The van der Waals surface area contributed by atoms with E-state index in [0.717, 1.165) is 15.2 Å². The number of nitrogens with two attached hydrogens (primary N) is 1. The quantitative estimate of drug-likeness (QED) is 0.882. The third-order valence-electron chi connectivity index (χ3n) is 2.89. The second-order valence-electron chi connectivity index (χ2n) is 4.49. The summed E-state index contributed by atoms with van der Waals surface area (Å²) in [6, 6.07) is 6.24. The zero-order chi connectivity index (χ0) is 14.9. The molecule has 7 heteroatoms. The van der Waals surface area contributed by atoms with Gasteiger partial charge in [0.1, 0.15) is 10.7 Å². The van der Waals surface area contributed by atoms with Crippen LogP contribution in [0.4, 0.5) is 10.1 Å². The molecule has 1 heterocycles. The third-order valence-corrected chi connectivity index (χ3v) is 5.55. The maximum Gasteiger partial charge on any atom is 0.246 e. The van der Waals surface area contributed by atoms with Crippen molar-refractivity contribution in [3.8, 4) is 0 Å². The van der Waals surface area contributed by atoms with Crippen LogP contribution in [0, 0.1) is 12.7 Å². The van der Waals surface area contributed by atoms with Crippen LogP contribution in [0.25, 0.3) is 0 Å². The molecule has 1 aromatic heterocycles. The van der Waals surface area contributed by atoms with Crippen LogP contribution in [0.2, 0.25) is 0 Å². The van der Waals surface area contributed by atoms with E-state index in [0.29, 0.717) is 0 Å². The zero-order valence-electron chi connectivity index (χ0n) is 11.1. The number of aryl methyl sites for hydroxylation is 1. The molecule has 0 bridgehead atoms. The molecule has 20 heavy (non-hydrogen) atoms. The molecule has 108 valence electrons. The lowest BCUT2D eigenvalue weighted by molar-refractivity contribution is 0.462. The molecule has 0 unspecified atom stereocenters. The first-order valence-electron chi connectivity index (χ1n) is 5.86. The van der Waals surface area contributed by atoms with E-state index in [1.165, 1.54) is 31.4 Å². The van der Waals surface area contributed by atoms with Gasteiger partial charge in [-0.1, -0.05) is 6.07 Å². The van der Waals surface area contributed by atoms with Crippen molar-refractivity contribution in [2.24, 2.45) is 0 Å². The molecule has 0 radical (unpaired) electrons. The highest BCUT2D eigenvalue weighted by atomic mass is 32.2. The number of hydrogen-bond donors (Lipinski definition) is 1. The van der Waals surface area contributed by atoms with Crippen LogP contribution in [-0.4, -0.2) is 19.8 Å². The Hall–Kier alpha value is -1.44. The zero-order valence-corrected chi connectivity index (χ0v) is 12.8. The van der Waals surface area contributed by atoms with Gasteiger partial charge in [0.2, 0.25) is 10.0 Å². The molecule has 0 saturated heterocycles. The number of nitrogens with zero attached hydrogens (tertiary/aromatic N) is 1. The Labute approximate surface area is 121 Å². The Balaban J connectivity index is 2.40. The van der Waals surface area contributed by atoms with Gasteiger partial charge in [-0.05, 0) is 36.1 Å². The number of benzene rings is 1. The predicted octanol–water partition coefficient (Wildman–Crippen LogP) is 2.60. The maximum atomic E-state index is 14.1. The minimum absolute atomic E-state index is 0.202. The van der Waals surface area contributed by atoms with Gasteiger partial charge in [0.25, 0.3) is 0 Å². The third kappa shape index (κ3) is 2.84. The molecule has 0 aliphatic heterocycles. The minimum atomic E-state index is -3.91. The second kappa shape index (κ2) is 5.51. The number of nitrogen functional groups attached to an aromatic ring is 1. The van der Waals surface area contributed by atoms with Crippen LogP contribution < -0.4 is 5.73 Å². The lowest BCUT2D eigenvalue weighted by Gasteiger charge is -2.17. The number of rotatable bonds is 4. The summed E-state index contributed by atoms with van der Waals surface area (Å²) >= 11 is 1.45. The first kappa shape index (κ1) is 15.0. The van der Waals surface area contributed by atoms with E-state index in [1.807, 2.05) is 17.5 Å². The molecule has 0 fully saturated rings. The molecular weight excluding hydrogens is 299 g/mol. The van der Waals surface area contributed by atoms with E-state index >= 15 is 0 Å². The summed E-state index contributed by atoms with van der Waals surface area (Å²) in [7, 11) is -2.48. The van der Waals surface area contributed by atoms with Crippen molar-refractivity contribution >= 4 is 27.0 Å². The van der Waals surface area contributed by atoms with Gasteiger partial charge in [-0.2, -0.15) is 4.31 Å². The van der Waals surface area contributed by atoms with Gasteiger partial charge in [-0.25, -0.2) is 12.8 Å². The maximum absolute atomic E-state index is 14.1. The summed E-state index contributed by atoms with van der Waals surface area (Å²) in [6.45, 7) is 1.69. The summed E-state index contributed by atoms with van der Waals surface area (Å²) in [6.07, 6.45) is 0. The number of hydrogen-bond acceptors (Lipinski definition) is 4. The van der Waals surface area contributed by atoms with Crippen LogP contribution in [0.5, 0.6) is 0 Å². The number of halogens is 1. The number of thiophene rings is 1. The van der Waals surface area contributed by atoms with Gasteiger partial charge >= 0.3 is 0 Å². The molecule has 4 nitrogen and oxygen atoms in total. The lowest BCUT2D eigenvalue weighted by Crippen LogP contribution is -2.27. The summed E-state index contributed by atoms with van der Waals surface area (Å²) in [5.74, 6) is -0.753. The smallest absolute Gasteiger partial charge is 0.246 e. The van der Waals surface area contributed by atoms with Gasteiger partial charge in [0.15, 0.2) is 0 Å². The normalized spacial score (nSPS) is 12.0. The van der Waals surface area contributed by atoms with Crippen molar-refractivity contribution in [2.45, 2.75) is 18.4 Å². The van der Waals surface area contributed by atoms with Gasteiger partial charge < -0.3 is 5.73 Å². The van der Waals surface area contributed by atoms with Crippen LogP contribution in [0.15, 0.2) is 34.5 Å². The van der Waals surface area contributed by atoms with Crippen LogP contribution in [-0.2, 0) is 16.6 Å². The lowest BCUT2D eigenvalue weighted by atomic mass is 10.2. The minimum Gasteiger partial charge on any atom is -0.399 e. The standard InChI is InChI=1S/C13H15FN2O2S2/c1-9-6-10(15)7-12(13(9)14)20(17,18)16(2)8-11-4-3-5-19-11/h3-7H,8,15H2,1-2H3. The Morgan fingerprint density at radius 1 is 1.40 bits per heavy atom. The first-order chi connectivity index (χ1) is 9.32. The average Bonchev–Trinajstić information content (AvgIpc) is 2.86. The number of sulfonamides is 1. The van der Waals surface area contributed by atoms with Crippen molar-refractivity contribution in [3.05, 3.63) is 45.9 Å². The Bertz CT molecular complexity index is 712. The Morgan fingerprint density at radius 2 is 2.10 bits per heavy atom. The van der Waals surface area contributed by atoms with E-state index in [9.17, 15) is 12.8 Å². The monoisotopic (exact) mass is 314 g/mol. The van der Waals surface area contributed by atoms with E-state index < -0.39 is 15.8 Å². The van der Waals surface area contributed by atoms with Crippen LogP contribution in [0.1, 0.15) is 10.4 Å². The highest BCUT2D eigenvalue weighted by Crippen LogP contribution is 2.25. The van der Waals surface area contributed by atoms with Gasteiger partial charge in [-0.15, -0.1) is 11.3 Å². The molecule has 0 aliphatic rings. The largest absolute Gasteiger partial charge is 0.399 e. The fraction of sp³-hybridized carbons (Fsp3) is 0.231. The number of anilines is 1. The Morgan fingerprint density at radius 3 is 2.70 bits per heavy atom. The second-order valence-corrected chi connectivity index (χ2v) is 7.54. The van der Waals surface area contributed by atoms with Crippen molar-refractivity contribution in [2.75, 3.05) is 12.8 Å². The van der Waals surface area contributed by atoms with Gasteiger partial charge in [-0.3, -0.25) is 0 Å². The molecule has 0 atom stereocenters. The highest BCUT2D eigenvalue weighted by Gasteiger charge is 2.26. The van der Waals surface area contributed by atoms with Crippen molar-refractivity contribution in [3.63, 3.8) is 0 Å². The van der Waals surface area contributed by atoms with Crippen LogP contribution >= 0.6 is 11.3 Å². The van der Waals surface area contributed by atoms with E-state index in [1.54, 1.807) is 0 Å². The van der Waals surface area contributed by atoms with Crippen molar-refractivity contribution < 1.29 is 12.8 Å². The van der Waals surface area contributed by atoms with Crippen molar-refractivity contribution in [1.29, 1.82) is 0 Å². The molecule has 1 aromatic carbocycles. The molecule has 0 aliphatic carbocycles. The molecule has 0 spiro atoms. The topological polar surface area (TPSA) is 63.4 Å². The summed E-state index contributed by atoms with van der Waals surface area (Å²) < 4.78 is 40.0. The molecular formula is C13H15FN2O2S2. The van der Waals surface area contributed by atoms with E-state index in [-0.39, 0.29) is 22.7 Å². The van der Waals surface area contributed by atoms with E-state index in [4.69, 9.17) is 5.73 Å². The summed E-state index contributed by atoms with van der Waals surface area (Å²) in [5.41, 5.74) is 6.06. The Kier molecular flexibility index (Phi) is 4.12. The first-order valence-corrected chi connectivity index (χ1v) is 8.18. The van der Waals surface area contributed by atoms with E-state index in [2.05, 4.69) is 0 Å². The van der Waals surface area contributed by atoms with Gasteiger partial charge in [0.05, 0.1) is 0 Å². The van der Waals surface area contributed by atoms with Gasteiger partial charge in [0, 0.05) is 24.2 Å². The molecule has 0 saturated carbocycles. The fourth-order valence-electron chi connectivity index (χ4n) is 1.83. The summed E-state index contributed by atoms with van der Waals surface area (Å²) in [4.78, 5) is 0.506. The van der Waals surface area contributed by atoms with Crippen LogP contribution in [0.3, 0.4) is 0 Å². The molecule has 2 aromatic rings. The summed E-state index contributed by atoms with van der Waals surface area (Å²) in [5, 5.41) is 1.86. The molecule has 2 rings (SSSR count). The predicted molar refractivity (Wildman–Crippen MR) is 78.5 cm³/mol. The average molecular weight is 314 g/mol. The van der Waals surface area contributed by atoms with Crippen molar-refractivity contribution in [1.82, 2.24) is 4.31 Å².